The van der Waals surface area contributed by atoms with Crippen molar-refractivity contribution in [3.63, 3.8) is 0 Å². The number of azo groups is 2. The number of aryl methyl sites for hydroxylation is 2. The van der Waals surface area contributed by atoms with E-state index in [0.717, 1.165) is 0 Å². The summed E-state index contributed by atoms with van der Waals surface area (Å²) < 4.78 is 78.1. The number of hydrogen-bond acceptors (Lipinski definition) is 15. The van der Waals surface area contributed by atoms with E-state index in [1.165, 1.54) is 36.4 Å². The third-order valence-corrected chi connectivity index (χ3v) is 14.0. The van der Waals surface area contributed by atoms with Gasteiger partial charge in [0.05, 0.1) is 40.2 Å². The molecule has 0 saturated heterocycles. The maximum Gasteiger partial charge on any atom is 2.00 e. The van der Waals surface area contributed by atoms with Crippen LogP contribution >= 0.6 is 23.2 Å². The monoisotopic (exact) mass is 1240 g/mol. The van der Waals surface area contributed by atoms with Gasteiger partial charge in [0.2, 0.25) is 0 Å². The fourth-order valence-corrected chi connectivity index (χ4v) is 9.74. The van der Waals surface area contributed by atoms with E-state index >= 15 is 0 Å². The molecule has 0 radical (unpaired) electrons. The minimum atomic E-state index is -4.70. The molecule has 0 atom stereocenters. The summed E-state index contributed by atoms with van der Waals surface area (Å²) in [6.45, 7) is 8.20. The molecule has 0 aliphatic carbocycles. The molecule has 77 heavy (non-hydrogen) atoms. The zero-order valence-electron chi connectivity index (χ0n) is 41.6. The van der Waals surface area contributed by atoms with Crippen molar-refractivity contribution in [3.8, 4) is 23.0 Å². The molecule has 18 nitrogen and oxygen atoms in total. The summed E-state index contributed by atoms with van der Waals surface area (Å²) in [5.74, 6) is -1.53. The van der Waals surface area contributed by atoms with Gasteiger partial charge in [-0.2, -0.15) is 21.9 Å². The predicted molar refractivity (Wildman–Crippen MR) is 294 cm³/mol. The first-order valence-corrected chi connectivity index (χ1v) is 26.8. The van der Waals surface area contributed by atoms with E-state index in [-0.39, 0.29) is 92.8 Å². The van der Waals surface area contributed by atoms with Crippen molar-refractivity contribution in [1.82, 2.24) is 0 Å². The largest absolute Gasteiger partial charge is 2.00 e. The molecule has 0 fully saturated rings. The van der Waals surface area contributed by atoms with Crippen molar-refractivity contribution in [2.75, 3.05) is 18.5 Å². The predicted octanol–water partition coefficient (Wildman–Crippen LogP) is 12.3. The van der Waals surface area contributed by atoms with Gasteiger partial charge in [-0.3, -0.25) is 18.9 Å². The summed E-state index contributed by atoms with van der Waals surface area (Å²) in [6, 6.07) is 35.2. The Bertz CT molecular complexity index is 3860. The van der Waals surface area contributed by atoms with Crippen LogP contribution in [0.25, 0.3) is 21.5 Å². The number of ether oxygens (including phenoxy) is 2. The Hall–Kier alpha value is -6.41. The first-order chi connectivity index (χ1) is 36.3. The van der Waals surface area contributed by atoms with Gasteiger partial charge in [-0.1, -0.05) is 116 Å². The molecule has 8 aromatic carbocycles. The Balaban J connectivity index is 0.000000246. The van der Waals surface area contributed by atoms with E-state index < -0.39 is 53.3 Å². The smallest absolute Gasteiger partial charge is 0.871 e. The number of carbonyl (C=O) groups is 1. The number of nitrogens with one attached hydrogen (secondary N) is 1. The van der Waals surface area contributed by atoms with Crippen molar-refractivity contribution >= 4 is 160 Å². The molecule has 1 amide bonds. The van der Waals surface area contributed by atoms with Gasteiger partial charge in [0.15, 0.2) is 5.75 Å². The van der Waals surface area contributed by atoms with E-state index in [0.29, 0.717) is 81.6 Å². The number of carbonyl (C=O) groups excluding carboxylic acids is 1. The van der Waals surface area contributed by atoms with Gasteiger partial charge >= 0.3 is 48.9 Å². The second-order valence-corrected chi connectivity index (χ2v) is 19.8. The van der Waals surface area contributed by atoms with Gasteiger partial charge in [0, 0.05) is 28.6 Å². The topological polar surface area (TPSA) is 284 Å². The number of fused-ring (bicyclic) bond motifs is 2. The average molecular weight is 1240 g/mol. The molecule has 0 heterocycles. The maximum atomic E-state index is 13.4. The number of nitrogens with zero attached hydrogens (tertiary/aromatic N) is 5. The van der Waals surface area contributed by atoms with Crippen LogP contribution < -0.4 is 25.0 Å². The van der Waals surface area contributed by atoms with Crippen LogP contribution in [0.1, 0.15) is 54.7 Å². The fraction of sp³-hybridized carbons (Fsp3) is 0.148. The number of rotatable bonds is 16. The Labute approximate surface area is 493 Å². The quantitative estimate of drug-likeness (QED) is 0.0231. The molecule has 0 spiro atoms. The molecule has 0 unspecified atom stereocenters. The molecule has 0 saturated carbocycles. The number of phenols is 1. The van der Waals surface area contributed by atoms with Crippen molar-refractivity contribution in [1.29, 1.82) is 0 Å². The van der Waals surface area contributed by atoms with Gasteiger partial charge in [-0.15, -0.1) is 15.3 Å². The van der Waals surface area contributed by atoms with Crippen LogP contribution in [0.2, 0.25) is 10.0 Å². The summed E-state index contributed by atoms with van der Waals surface area (Å²) in [5.41, 5.74) is 0.716. The normalized spacial score (nSPS) is 11.9. The SMILES string of the molecule is CCOc1cccc(N=C([O-])c2cc3ccccc3c(N=Nc3c(S(=O)(=O)O)ccc(CC)c3Cl)c2[O-])c1.CCOc1cccc(NC(=O)c2cc3ccccc3c(N=Nc3c(S(=O)(=O)O)ccc(CC)c3Cl)c2O)c1.[Ba+2]. The maximum absolute atomic E-state index is 13.4. The number of halogens is 2. The second-order valence-electron chi connectivity index (χ2n) is 16.3. The van der Waals surface area contributed by atoms with Gasteiger partial charge < -0.3 is 30.1 Å². The van der Waals surface area contributed by atoms with Crippen LogP contribution in [0.5, 0.6) is 23.0 Å². The number of hydrogen-bond donors (Lipinski definition) is 4. The van der Waals surface area contributed by atoms with Gasteiger partial charge in [0.25, 0.3) is 26.1 Å². The number of aromatic hydroxyl groups is 1. The van der Waals surface area contributed by atoms with Crippen LogP contribution in [0.4, 0.5) is 34.1 Å². The molecule has 4 N–H and O–H groups in total. The van der Waals surface area contributed by atoms with Gasteiger partial charge in [-0.05, 0) is 109 Å². The van der Waals surface area contributed by atoms with E-state index in [9.17, 15) is 46.1 Å². The Kier molecular flexibility index (Phi) is 20.4. The molecule has 0 bridgehead atoms. The summed E-state index contributed by atoms with van der Waals surface area (Å²) in [6.07, 6.45) is 0.931. The minimum Gasteiger partial charge on any atom is -0.871 e. The van der Waals surface area contributed by atoms with Crippen molar-refractivity contribution in [2.24, 2.45) is 25.4 Å². The Morgan fingerprint density at radius 1 is 0.597 bits per heavy atom. The van der Waals surface area contributed by atoms with Crippen LogP contribution in [0.15, 0.2) is 169 Å². The van der Waals surface area contributed by atoms with Crippen molar-refractivity contribution < 1.29 is 55.5 Å². The van der Waals surface area contributed by atoms with Gasteiger partial charge in [0.1, 0.15) is 38.4 Å². The number of benzene rings is 8. The fourth-order valence-electron chi connectivity index (χ4n) is 7.70. The summed E-state index contributed by atoms with van der Waals surface area (Å²) in [7, 11) is -9.37. The summed E-state index contributed by atoms with van der Waals surface area (Å²) in [4.78, 5) is 16.1. The number of phenolic OH excluding ortho intramolecular Hbond substituents is 1. The standard InChI is InChI=1S/2C27H24ClN3O6S.Ba/c2*1-3-16-12-13-22(38(34,35)36)25(23(16)28)31-30-24-20-11-6-5-8-17(20)14-21(26(24)32)27(33)29-18-9-7-10-19(15-18)37-4-2;/h2*5-15,32H,3-4H2,1-2H3,(H,29,33)(H,34,35,36);/q;;+2/p-2. The zero-order chi connectivity index (χ0) is 54.9. The molecule has 392 valence electrons. The van der Waals surface area contributed by atoms with Crippen LogP contribution in [-0.4, -0.2) is 105 Å². The number of amides is 1. The van der Waals surface area contributed by atoms with E-state index in [1.54, 1.807) is 104 Å². The van der Waals surface area contributed by atoms with E-state index in [1.807, 2.05) is 20.8 Å². The molecular formula is C54H46BaCl2N6O12S2. The number of aliphatic imine (C=N–C) groups is 1. The van der Waals surface area contributed by atoms with Crippen molar-refractivity contribution in [2.45, 2.75) is 50.3 Å². The Morgan fingerprint density at radius 2 is 1.06 bits per heavy atom. The molecule has 0 aliphatic heterocycles. The third kappa shape index (κ3) is 14.2. The number of anilines is 1. The molecule has 23 heteroatoms. The zero-order valence-corrected chi connectivity index (χ0v) is 49.1. The van der Waals surface area contributed by atoms with E-state index in [2.05, 4.69) is 30.8 Å². The average Bonchev–Trinajstić information content (AvgIpc) is 3.39. The first-order valence-electron chi connectivity index (χ1n) is 23.2. The van der Waals surface area contributed by atoms with Crippen LogP contribution in [0, 0.1) is 0 Å². The van der Waals surface area contributed by atoms with E-state index in [4.69, 9.17) is 32.7 Å². The molecule has 8 aromatic rings. The Morgan fingerprint density at radius 3 is 1.58 bits per heavy atom. The molecule has 8 rings (SSSR count). The van der Waals surface area contributed by atoms with Gasteiger partial charge in [-0.25, -0.2) is 0 Å². The van der Waals surface area contributed by atoms with Crippen LogP contribution in [0.3, 0.4) is 0 Å². The second kappa shape index (κ2) is 26.3. The minimum absolute atomic E-state index is 0. The first kappa shape index (κ1) is 59.8. The molecular weight excluding hydrogens is 1200 g/mol. The summed E-state index contributed by atoms with van der Waals surface area (Å²) in [5, 5.41) is 58.4. The van der Waals surface area contributed by atoms with Crippen molar-refractivity contribution in [3.05, 3.63) is 166 Å². The third-order valence-electron chi connectivity index (χ3n) is 11.3. The molecule has 0 aromatic heterocycles. The van der Waals surface area contributed by atoms with Crippen LogP contribution in [-0.2, 0) is 33.1 Å². The molecule has 0 aliphatic rings. The summed E-state index contributed by atoms with van der Waals surface area (Å²) >= 11 is 12.8.